The van der Waals surface area contributed by atoms with E-state index in [-0.39, 0.29) is 16.4 Å². The molecule has 11 heteroatoms. The second-order valence-electron chi connectivity index (χ2n) is 10.5. The summed E-state index contributed by atoms with van der Waals surface area (Å²) >= 11 is 0. The van der Waals surface area contributed by atoms with Crippen molar-refractivity contribution in [1.29, 1.82) is 0 Å². The molecule has 0 bridgehead atoms. The smallest absolute Gasteiger partial charge is 0.317 e. The van der Waals surface area contributed by atoms with Crippen LogP contribution in [-0.2, 0) is 26.0 Å². The predicted octanol–water partition coefficient (Wildman–Crippen LogP) is 5.62. The number of hydrogen-bond donors (Lipinski definition) is 2. The van der Waals surface area contributed by atoms with Crippen molar-refractivity contribution >= 4 is 34.9 Å². The number of sulfone groups is 1. The quantitative estimate of drug-likeness (QED) is 0.167. The average Bonchev–Trinajstić information content (AvgIpc) is 3.28. The van der Waals surface area contributed by atoms with Gasteiger partial charge < -0.3 is 19.6 Å². The summed E-state index contributed by atoms with van der Waals surface area (Å²) in [7, 11) is -4.58. The molecule has 0 radical (unpaired) electrons. The third kappa shape index (κ3) is 7.11. The number of H-pyrrole nitrogens is 1. The van der Waals surface area contributed by atoms with Crippen molar-refractivity contribution in [2.24, 2.45) is 0 Å². The van der Waals surface area contributed by atoms with Crippen LogP contribution in [0.4, 0.5) is 0 Å². The number of carboxylic acid groups (broad SMARTS) is 1. The molecule has 0 amide bonds. The van der Waals surface area contributed by atoms with Gasteiger partial charge in [0, 0.05) is 32.5 Å². The minimum atomic E-state index is -3.37. The first kappa shape index (κ1) is 28.5. The topological polar surface area (TPSA) is 131 Å². The van der Waals surface area contributed by atoms with Crippen molar-refractivity contribution in [3.8, 4) is 11.5 Å². The molecule has 0 fully saturated rings. The Morgan fingerprint density at radius 1 is 1.10 bits per heavy atom. The zero-order valence-corrected chi connectivity index (χ0v) is 24.3. The van der Waals surface area contributed by atoms with E-state index in [4.69, 9.17) is 9.47 Å². The van der Waals surface area contributed by atoms with E-state index in [9.17, 15) is 18.3 Å². The number of aromatic nitrogens is 3. The number of fused-ring (bicyclic) bond motifs is 1. The van der Waals surface area contributed by atoms with Crippen molar-refractivity contribution in [3.63, 3.8) is 0 Å². The lowest BCUT2D eigenvalue weighted by Crippen LogP contribution is -2.21. The van der Waals surface area contributed by atoms with Crippen LogP contribution in [0.2, 0.25) is 25.7 Å². The number of nitrogens with zero attached hydrogens (tertiary/aromatic N) is 2. The molecule has 0 aliphatic rings. The maximum atomic E-state index is 12.5. The molecule has 1 atom stereocenters. The summed E-state index contributed by atoms with van der Waals surface area (Å²) in [5.41, 5.74) is 1.97. The van der Waals surface area contributed by atoms with E-state index in [2.05, 4.69) is 34.6 Å². The molecule has 9 nitrogen and oxygen atoms in total. The van der Waals surface area contributed by atoms with Gasteiger partial charge in [0.2, 0.25) is 0 Å². The molecule has 2 heterocycles. The number of carboxylic acids is 1. The summed E-state index contributed by atoms with van der Waals surface area (Å²) in [6.45, 7) is 9.41. The minimum Gasteiger partial charge on any atom is -0.480 e. The number of ether oxygens (including phenoxy) is 2. The lowest BCUT2D eigenvalue weighted by atomic mass is 9.94. The van der Waals surface area contributed by atoms with Gasteiger partial charge in [-0.25, -0.2) is 13.4 Å². The molecule has 1 unspecified atom stereocenters. The minimum absolute atomic E-state index is 0.0122. The van der Waals surface area contributed by atoms with Crippen LogP contribution in [0.1, 0.15) is 29.9 Å². The molecule has 0 aliphatic heterocycles. The molecular formula is C28H33N3O6SSi. The van der Waals surface area contributed by atoms with E-state index in [0.717, 1.165) is 6.04 Å². The van der Waals surface area contributed by atoms with E-state index in [1.165, 1.54) is 12.1 Å². The summed E-state index contributed by atoms with van der Waals surface area (Å²) < 4.78 is 36.4. The molecule has 4 aromatic rings. The number of imidazole rings is 1. The predicted molar refractivity (Wildman–Crippen MR) is 152 cm³/mol. The summed E-state index contributed by atoms with van der Waals surface area (Å²) in [5.74, 6) is -0.934. The monoisotopic (exact) mass is 567 g/mol. The average molecular weight is 568 g/mol. The van der Waals surface area contributed by atoms with Gasteiger partial charge in [-0.3, -0.25) is 9.78 Å². The highest BCUT2D eigenvalue weighted by Gasteiger charge is 2.28. The third-order valence-corrected chi connectivity index (χ3v) is 9.68. The molecule has 0 aliphatic carbocycles. The Morgan fingerprint density at radius 2 is 1.85 bits per heavy atom. The SMILES string of the molecule is CCS(=O)(=O)c1ccc(Oc2cc3nc(COCC[Si](C)(C)C)[nH]c3cc2C(C(=O)O)c2ccccn2)cc1. The number of rotatable bonds is 12. The Labute approximate surface area is 229 Å². The molecule has 4 rings (SSSR count). The Bertz CT molecular complexity index is 1550. The van der Waals surface area contributed by atoms with Crippen molar-refractivity contribution < 1.29 is 27.8 Å². The van der Waals surface area contributed by atoms with Crippen LogP contribution in [0, 0.1) is 0 Å². The number of pyridine rings is 1. The van der Waals surface area contributed by atoms with Gasteiger partial charge in [0.15, 0.2) is 9.84 Å². The van der Waals surface area contributed by atoms with Crippen molar-refractivity contribution in [1.82, 2.24) is 15.0 Å². The van der Waals surface area contributed by atoms with Crippen LogP contribution in [0.5, 0.6) is 11.5 Å². The fraction of sp³-hybridized carbons (Fsp3) is 0.321. The number of benzene rings is 2. The summed E-state index contributed by atoms with van der Waals surface area (Å²) in [5, 5.41) is 10.2. The van der Waals surface area contributed by atoms with Gasteiger partial charge in [-0.1, -0.05) is 32.6 Å². The molecule has 206 valence electrons. The largest absolute Gasteiger partial charge is 0.480 e. The fourth-order valence-electron chi connectivity index (χ4n) is 4.01. The van der Waals surface area contributed by atoms with Crippen LogP contribution in [0.3, 0.4) is 0 Å². The first-order chi connectivity index (χ1) is 18.5. The molecule has 2 aromatic heterocycles. The maximum Gasteiger partial charge on any atom is 0.317 e. The first-order valence-corrected chi connectivity index (χ1v) is 18.1. The van der Waals surface area contributed by atoms with Crippen molar-refractivity contribution in [2.45, 2.75) is 50.0 Å². The van der Waals surface area contributed by atoms with E-state index in [0.29, 0.717) is 47.1 Å². The Balaban J connectivity index is 1.72. The van der Waals surface area contributed by atoms with Crippen LogP contribution >= 0.6 is 0 Å². The molecule has 0 saturated heterocycles. The lowest BCUT2D eigenvalue weighted by molar-refractivity contribution is -0.137. The maximum absolute atomic E-state index is 12.5. The highest BCUT2D eigenvalue weighted by Crippen LogP contribution is 2.37. The van der Waals surface area contributed by atoms with Gasteiger partial charge in [0.05, 0.1) is 27.4 Å². The van der Waals surface area contributed by atoms with E-state index in [1.54, 1.807) is 55.6 Å². The van der Waals surface area contributed by atoms with Crippen LogP contribution in [0.25, 0.3) is 11.0 Å². The van der Waals surface area contributed by atoms with Gasteiger partial charge in [0.1, 0.15) is 29.8 Å². The fourth-order valence-corrected chi connectivity index (χ4v) is 5.65. The second kappa shape index (κ2) is 11.7. The summed E-state index contributed by atoms with van der Waals surface area (Å²) in [4.78, 5) is 24.8. The molecular weight excluding hydrogens is 534 g/mol. The Morgan fingerprint density at radius 3 is 2.46 bits per heavy atom. The van der Waals surface area contributed by atoms with Gasteiger partial charge in [0.25, 0.3) is 0 Å². The first-order valence-electron chi connectivity index (χ1n) is 12.7. The van der Waals surface area contributed by atoms with Crippen LogP contribution < -0.4 is 4.74 Å². The second-order valence-corrected chi connectivity index (χ2v) is 18.4. The van der Waals surface area contributed by atoms with Gasteiger partial charge in [-0.2, -0.15) is 0 Å². The Kier molecular flexibility index (Phi) is 8.53. The van der Waals surface area contributed by atoms with Crippen molar-refractivity contribution in [3.05, 3.63) is 77.9 Å². The number of nitrogens with one attached hydrogen (secondary N) is 1. The normalized spacial score (nSPS) is 12.9. The van der Waals surface area contributed by atoms with Crippen LogP contribution in [0.15, 0.2) is 65.7 Å². The highest BCUT2D eigenvalue weighted by atomic mass is 32.2. The van der Waals surface area contributed by atoms with Gasteiger partial charge in [-0.15, -0.1) is 0 Å². The zero-order chi connectivity index (χ0) is 28.2. The van der Waals surface area contributed by atoms with Gasteiger partial charge in [-0.05, 0) is 48.5 Å². The van der Waals surface area contributed by atoms with E-state index in [1.807, 2.05) is 0 Å². The number of carbonyl (C=O) groups is 1. The summed E-state index contributed by atoms with van der Waals surface area (Å²) in [6, 6.07) is 15.6. The molecule has 39 heavy (non-hydrogen) atoms. The third-order valence-electron chi connectivity index (χ3n) is 6.23. The zero-order valence-electron chi connectivity index (χ0n) is 22.5. The van der Waals surface area contributed by atoms with Crippen LogP contribution in [-0.4, -0.2) is 54.9 Å². The van der Waals surface area contributed by atoms with E-state index < -0.39 is 29.8 Å². The van der Waals surface area contributed by atoms with Gasteiger partial charge >= 0.3 is 5.97 Å². The number of hydrogen-bond acceptors (Lipinski definition) is 7. The molecule has 0 spiro atoms. The number of aliphatic carboxylic acids is 1. The molecule has 0 saturated carbocycles. The summed E-state index contributed by atoms with van der Waals surface area (Å²) in [6.07, 6.45) is 1.54. The highest BCUT2D eigenvalue weighted by molar-refractivity contribution is 7.91. The van der Waals surface area contributed by atoms with Crippen molar-refractivity contribution in [2.75, 3.05) is 12.4 Å². The molecule has 2 aromatic carbocycles. The Hall–Kier alpha value is -3.54. The number of aromatic amines is 1. The standard InChI is InChI=1S/C28H33N3O6SSi/c1-5-38(34,35)20-11-9-19(10-12-20)37-25-17-24-23(30-26(31-24)18-36-14-15-39(2,3)4)16-21(25)27(28(32)33)22-8-6-7-13-29-22/h6-13,16-17,27H,5,14-15,18H2,1-4H3,(H,30,31)(H,32,33). The lowest BCUT2D eigenvalue weighted by Gasteiger charge is -2.17. The van der Waals surface area contributed by atoms with E-state index >= 15 is 0 Å². The molecule has 2 N–H and O–H groups in total.